The summed E-state index contributed by atoms with van der Waals surface area (Å²) in [6.45, 7) is 3.54. The molecule has 0 aliphatic carbocycles. The van der Waals surface area contributed by atoms with E-state index in [0.29, 0.717) is 17.1 Å². The predicted molar refractivity (Wildman–Crippen MR) is 124 cm³/mol. The summed E-state index contributed by atoms with van der Waals surface area (Å²) in [5.41, 5.74) is 4.63. The van der Waals surface area contributed by atoms with Gasteiger partial charge in [-0.1, -0.05) is 71.9 Å². The van der Waals surface area contributed by atoms with Crippen LogP contribution < -0.4 is 5.32 Å². The van der Waals surface area contributed by atoms with E-state index in [2.05, 4.69) is 10.5 Å². The number of amides is 1. The van der Waals surface area contributed by atoms with Crippen molar-refractivity contribution in [3.8, 4) is 22.5 Å². The van der Waals surface area contributed by atoms with Crippen LogP contribution in [0.2, 0.25) is 0 Å². The third kappa shape index (κ3) is 4.93. The molecule has 1 heterocycles. The molecule has 1 amide bonds. The van der Waals surface area contributed by atoms with Crippen LogP contribution in [-0.4, -0.2) is 22.3 Å². The highest BCUT2D eigenvalue weighted by atomic mass is 16.6. The maximum atomic E-state index is 12.5. The van der Waals surface area contributed by atoms with Crippen molar-refractivity contribution in [1.29, 1.82) is 0 Å². The zero-order chi connectivity index (χ0) is 23.4. The standard InChI is InChI=1S/C26H22N2O5/c1-16-23(27-26(31)32-17(2)18-6-4-3-5-7-18)24(33-28-16)21-12-8-19(9-13-21)20-10-14-22(15-11-20)25(29)30/h3-15,17H,1-2H3,(H,27,31)(H,29,30). The van der Waals surface area contributed by atoms with Gasteiger partial charge in [0.05, 0.1) is 5.56 Å². The number of nitrogens with one attached hydrogen (secondary N) is 1. The summed E-state index contributed by atoms with van der Waals surface area (Å²) in [5.74, 6) is -0.543. The van der Waals surface area contributed by atoms with Gasteiger partial charge in [-0.05, 0) is 42.7 Å². The van der Waals surface area contributed by atoms with Crippen molar-refractivity contribution < 1.29 is 24.0 Å². The number of hydrogen-bond donors (Lipinski definition) is 2. The van der Waals surface area contributed by atoms with Crippen molar-refractivity contribution in [2.24, 2.45) is 0 Å². The second kappa shape index (κ2) is 9.40. The van der Waals surface area contributed by atoms with Crippen LogP contribution in [0.15, 0.2) is 83.4 Å². The van der Waals surface area contributed by atoms with Crippen LogP contribution in [0.3, 0.4) is 0 Å². The van der Waals surface area contributed by atoms with Crippen molar-refractivity contribution in [3.63, 3.8) is 0 Å². The van der Waals surface area contributed by atoms with Gasteiger partial charge in [-0.2, -0.15) is 0 Å². The number of carboxylic acid groups (broad SMARTS) is 1. The van der Waals surface area contributed by atoms with Gasteiger partial charge in [0.15, 0.2) is 5.76 Å². The lowest BCUT2D eigenvalue weighted by molar-refractivity contribution is 0.0696. The van der Waals surface area contributed by atoms with Crippen molar-refractivity contribution in [2.75, 3.05) is 5.32 Å². The van der Waals surface area contributed by atoms with Crippen molar-refractivity contribution in [2.45, 2.75) is 20.0 Å². The highest BCUT2D eigenvalue weighted by Gasteiger charge is 2.20. The molecular weight excluding hydrogens is 420 g/mol. The molecule has 166 valence electrons. The summed E-state index contributed by atoms with van der Waals surface area (Å²) in [5, 5.41) is 15.8. The normalized spacial score (nSPS) is 11.6. The predicted octanol–water partition coefficient (Wildman–Crippen LogP) is 6.32. The first kappa shape index (κ1) is 21.8. The van der Waals surface area contributed by atoms with Crippen molar-refractivity contribution in [1.82, 2.24) is 5.16 Å². The number of benzene rings is 3. The number of rotatable bonds is 6. The van der Waals surface area contributed by atoms with E-state index in [0.717, 1.165) is 22.3 Å². The average molecular weight is 442 g/mol. The third-order valence-corrected chi connectivity index (χ3v) is 5.25. The van der Waals surface area contributed by atoms with E-state index in [9.17, 15) is 9.59 Å². The van der Waals surface area contributed by atoms with Crippen LogP contribution in [0.5, 0.6) is 0 Å². The van der Waals surface area contributed by atoms with Crippen molar-refractivity contribution in [3.05, 3.63) is 95.7 Å². The van der Waals surface area contributed by atoms with Gasteiger partial charge in [-0.15, -0.1) is 0 Å². The van der Waals surface area contributed by atoms with Gasteiger partial charge in [0, 0.05) is 5.56 Å². The number of aromatic carboxylic acids is 1. The first-order valence-electron chi connectivity index (χ1n) is 10.4. The zero-order valence-electron chi connectivity index (χ0n) is 18.1. The van der Waals surface area contributed by atoms with E-state index in [4.69, 9.17) is 14.4 Å². The smallest absolute Gasteiger partial charge is 0.412 e. The molecule has 0 aliphatic rings. The molecule has 1 aromatic heterocycles. The van der Waals surface area contributed by atoms with Crippen molar-refractivity contribution >= 4 is 17.7 Å². The number of hydrogen-bond acceptors (Lipinski definition) is 5. The van der Waals surface area contributed by atoms with Crippen LogP contribution in [0.4, 0.5) is 10.5 Å². The van der Waals surface area contributed by atoms with E-state index < -0.39 is 18.2 Å². The highest BCUT2D eigenvalue weighted by Crippen LogP contribution is 2.33. The second-order valence-electron chi connectivity index (χ2n) is 7.52. The Morgan fingerprint density at radius 1 is 0.909 bits per heavy atom. The Balaban J connectivity index is 1.50. The molecule has 33 heavy (non-hydrogen) atoms. The molecule has 0 radical (unpaired) electrons. The maximum absolute atomic E-state index is 12.5. The number of aryl methyl sites for hydroxylation is 1. The van der Waals surface area contributed by atoms with E-state index in [1.165, 1.54) is 0 Å². The number of nitrogens with zero attached hydrogens (tertiary/aromatic N) is 1. The lowest BCUT2D eigenvalue weighted by atomic mass is 10.0. The van der Waals surface area contributed by atoms with E-state index in [1.54, 1.807) is 38.1 Å². The van der Waals surface area contributed by atoms with Crippen LogP contribution in [0.1, 0.15) is 34.6 Å². The molecule has 1 atom stereocenters. The topological polar surface area (TPSA) is 102 Å². The molecular formula is C26H22N2O5. The Kier molecular flexibility index (Phi) is 6.22. The molecule has 7 heteroatoms. The number of aromatic nitrogens is 1. The lowest BCUT2D eigenvalue weighted by Crippen LogP contribution is -2.16. The fourth-order valence-electron chi connectivity index (χ4n) is 3.42. The highest BCUT2D eigenvalue weighted by molar-refractivity contribution is 5.91. The molecule has 0 spiro atoms. The average Bonchev–Trinajstić information content (AvgIpc) is 3.19. The Labute approximate surface area is 190 Å². The number of anilines is 1. The fourth-order valence-corrected chi connectivity index (χ4v) is 3.42. The molecule has 0 bridgehead atoms. The molecule has 2 N–H and O–H groups in total. The quantitative estimate of drug-likeness (QED) is 0.362. The summed E-state index contributed by atoms with van der Waals surface area (Å²) in [6, 6.07) is 23.6. The molecule has 3 aromatic carbocycles. The maximum Gasteiger partial charge on any atom is 0.412 e. The molecule has 7 nitrogen and oxygen atoms in total. The summed E-state index contributed by atoms with van der Waals surface area (Å²) >= 11 is 0. The van der Waals surface area contributed by atoms with Crippen LogP contribution in [-0.2, 0) is 4.74 Å². The number of ether oxygens (including phenoxy) is 1. The van der Waals surface area contributed by atoms with Gasteiger partial charge in [-0.3, -0.25) is 5.32 Å². The Morgan fingerprint density at radius 2 is 1.48 bits per heavy atom. The summed E-state index contributed by atoms with van der Waals surface area (Å²) in [6.07, 6.45) is -1.02. The minimum absolute atomic E-state index is 0.233. The third-order valence-electron chi connectivity index (χ3n) is 5.25. The minimum Gasteiger partial charge on any atom is -0.478 e. The molecule has 0 aliphatic heterocycles. The second-order valence-corrected chi connectivity index (χ2v) is 7.52. The van der Waals surface area contributed by atoms with Crippen LogP contribution >= 0.6 is 0 Å². The van der Waals surface area contributed by atoms with E-state index >= 15 is 0 Å². The monoisotopic (exact) mass is 442 g/mol. The zero-order valence-corrected chi connectivity index (χ0v) is 18.1. The number of carbonyl (C=O) groups excluding carboxylic acids is 1. The SMILES string of the molecule is Cc1noc(-c2ccc(-c3ccc(C(=O)O)cc3)cc2)c1NC(=O)OC(C)c1ccccc1. The molecule has 1 unspecified atom stereocenters. The Hall–Kier alpha value is -4.39. The van der Waals surface area contributed by atoms with Crippen LogP contribution in [0.25, 0.3) is 22.5 Å². The van der Waals surface area contributed by atoms with Crippen LogP contribution in [0, 0.1) is 6.92 Å². The fraction of sp³-hybridized carbons (Fsp3) is 0.115. The van der Waals surface area contributed by atoms with Gasteiger partial charge in [-0.25, -0.2) is 9.59 Å². The van der Waals surface area contributed by atoms with Gasteiger partial charge in [0.25, 0.3) is 0 Å². The van der Waals surface area contributed by atoms with E-state index in [-0.39, 0.29) is 5.56 Å². The lowest BCUT2D eigenvalue weighted by Gasteiger charge is -2.14. The number of carbonyl (C=O) groups is 2. The summed E-state index contributed by atoms with van der Waals surface area (Å²) < 4.78 is 11.0. The Bertz CT molecular complexity index is 1260. The van der Waals surface area contributed by atoms with E-state index in [1.807, 2.05) is 54.6 Å². The summed E-state index contributed by atoms with van der Waals surface area (Å²) in [4.78, 5) is 23.5. The molecule has 4 aromatic rings. The first-order chi connectivity index (χ1) is 15.9. The molecule has 0 saturated heterocycles. The minimum atomic E-state index is -0.964. The number of carboxylic acids is 1. The van der Waals surface area contributed by atoms with Gasteiger partial charge in [0.2, 0.25) is 0 Å². The molecule has 0 saturated carbocycles. The van der Waals surface area contributed by atoms with Gasteiger partial charge in [0.1, 0.15) is 17.5 Å². The summed E-state index contributed by atoms with van der Waals surface area (Å²) in [7, 11) is 0. The Morgan fingerprint density at radius 3 is 2.09 bits per heavy atom. The largest absolute Gasteiger partial charge is 0.478 e. The van der Waals surface area contributed by atoms with Gasteiger partial charge < -0.3 is 14.4 Å². The molecule has 0 fully saturated rings. The first-order valence-corrected chi connectivity index (χ1v) is 10.4. The molecule has 4 rings (SSSR count). The van der Waals surface area contributed by atoms with Gasteiger partial charge >= 0.3 is 12.1 Å².